The molecule has 0 amide bonds. The minimum atomic E-state index is -0.679. The number of ketones is 1. The van der Waals surface area contributed by atoms with Gasteiger partial charge >= 0.3 is 0 Å². The summed E-state index contributed by atoms with van der Waals surface area (Å²) in [5.41, 5.74) is -0.00117. The van der Waals surface area contributed by atoms with Crippen molar-refractivity contribution >= 4 is 21.7 Å². The molecule has 1 unspecified atom stereocenters. The van der Waals surface area contributed by atoms with E-state index < -0.39 is 11.6 Å². The predicted molar refractivity (Wildman–Crippen MR) is 80.6 cm³/mol. The first-order valence-corrected chi connectivity index (χ1v) is 7.53. The Bertz CT molecular complexity index is 492. The summed E-state index contributed by atoms with van der Waals surface area (Å²) in [6.07, 6.45) is 1.07. The van der Waals surface area contributed by atoms with Crippen LogP contribution in [0.25, 0.3) is 0 Å². The molecule has 1 aromatic carbocycles. The van der Waals surface area contributed by atoms with Gasteiger partial charge in [0.15, 0.2) is 0 Å². The molecule has 4 heteroatoms. The van der Waals surface area contributed by atoms with Crippen LogP contribution >= 0.6 is 15.9 Å². The maximum absolute atomic E-state index is 13.8. The Labute approximate surface area is 127 Å². The molecule has 0 aliphatic carbocycles. The molecule has 0 N–H and O–H groups in total. The Morgan fingerprint density at radius 1 is 1.30 bits per heavy atom. The molecule has 20 heavy (non-hydrogen) atoms. The molecule has 0 aliphatic rings. The summed E-state index contributed by atoms with van der Waals surface area (Å²) >= 11 is 3.01. The number of Topliss-reactive ketones (excluding diaryl/α,β-unsaturated/α-hetero) is 1. The van der Waals surface area contributed by atoms with Gasteiger partial charge in [-0.3, -0.25) is 4.79 Å². The quantitative estimate of drug-likeness (QED) is 0.661. The van der Waals surface area contributed by atoms with Crippen molar-refractivity contribution in [1.29, 1.82) is 0 Å². The van der Waals surface area contributed by atoms with Crippen LogP contribution in [0.4, 0.5) is 8.78 Å². The molecule has 1 nitrogen and oxygen atoms in total. The predicted octanol–water partition coefficient (Wildman–Crippen LogP) is 5.30. The zero-order valence-corrected chi connectivity index (χ0v) is 14.0. The lowest BCUT2D eigenvalue weighted by atomic mass is 9.83. The Morgan fingerprint density at radius 2 is 1.90 bits per heavy atom. The van der Waals surface area contributed by atoms with Crippen LogP contribution in [0.2, 0.25) is 0 Å². The van der Waals surface area contributed by atoms with Gasteiger partial charge in [-0.1, -0.05) is 27.7 Å². The van der Waals surface area contributed by atoms with Crippen molar-refractivity contribution in [2.24, 2.45) is 11.3 Å². The van der Waals surface area contributed by atoms with Gasteiger partial charge in [-0.2, -0.15) is 0 Å². The van der Waals surface area contributed by atoms with Gasteiger partial charge in [0.25, 0.3) is 0 Å². The highest BCUT2D eigenvalue weighted by Gasteiger charge is 2.20. The van der Waals surface area contributed by atoms with E-state index in [0.717, 1.165) is 6.42 Å². The highest BCUT2D eigenvalue weighted by molar-refractivity contribution is 9.10. The van der Waals surface area contributed by atoms with Gasteiger partial charge in [0.05, 0.1) is 4.47 Å². The molecule has 0 bridgehead atoms. The number of hydrogen-bond acceptors (Lipinski definition) is 1. The average Bonchev–Trinajstić information content (AvgIpc) is 2.27. The maximum atomic E-state index is 13.8. The topological polar surface area (TPSA) is 17.1 Å². The maximum Gasteiger partial charge on any atom is 0.143 e. The molecule has 1 atom stereocenters. The fraction of sp³-hybridized carbons (Fsp3) is 0.562. The molecule has 0 aliphatic heterocycles. The zero-order chi connectivity index (χ0) is 15.5. The Morgan fingerprint density at radius 3 is 2.45 bits per heavy atom. The lowest BCUT2D eigenvalue weighted by Crippen LogP contribution is -2.16. The third kappa shape index (κ3) is 5.31. The third-order valence-electron chi connectivity index (χ3n) is 3.05. The molecule has 0 heterocycles. The van der Waals surface area contributed by atoms with Gasteiger partial charge in [0.1, 0.15) is 17.4 Å². The molecule has 112 valence electrons. The van der Waals surface area contributed by atoms with Crippen LogP contribution in [0.3, 0.4) is 0 Å². The van der Waals surface area contributed by atoms with E-state index in [2.05, 4.69) is 36.7 Å². The normalized spacial score (nSPS) is 13.3. The fourth-order valence-electron chi connectivity index (χ4n) is 2.51. The van der Waals surface area contributed by atoms with E-state index in [1.807, 2.05) is 6.92 Å². The first-order chi connectivity index (χ1) is 9.10. The lowest BCUT2D eigenvalue weighted by molar-refractivity contribution is -0.119. The highest BCUT2D eigenvalue weighted by atomic mass is 79.9. The molecule has 0 fully saturated rings. The number of halogens is 3. The number of rotatable bonds is 5. The van der Waals surface area contributed by atoms with Crippen molar-refractivity contribution in [3.8, 4) is 0 Å². The zero-order valence-electron chi connectivity index (χ0n) is 12.4. The van der Waals surface area contributed by atoms with Crippen molar-refractivity contribution in [3.05, 3.63) is 33.8 Å². The summed E-state index contributed by atoms with van der Waals surface area (Å²) < 4.78 is 27.6. The summed E-state index contributed by atoms with van der Waals surface area (Å²) in [6, 6.07) is 2.48. The minimum absolute atomic E-state index is 0.127. The van der Waals surface area contributed by atoms with Crippen molar-refractivity contribution in [2.75, 3.05) is 0 Å². The van der Waals surface area contributed by atoms with Crippen LogP contribution in [0.5, 0.6) is 0 Å². The number of hydrogen-bond donors (Lipinski definition) is 0. The van der Waals surface area contributed by atoms with E-state index in [0.29, 0.717) is 6.42 Å². The van der Waals surface area contributed by atoms with E-state index in [1.54, 1.807) is 0 Å². The largest absolute Gasteiger partial charge is 0.299 e. The van der Waals surface area contributed by atoms with Gasteiger partial charge in [0.2, 0.25) is 0 Å². The number of carbonyl (C=O) groups excluding carboxylic acids is 1. The molecular formula is C16H21BrF2O. The summed E-state index contributed by atoms with van der Waals surface area (Å²) in [6.45, 7) is 8.33. The van der Waals surface area contributed by atoms with Crippen molar-refractivity contribution in [3.63, 3.8) is 0 Å². The van der Waals surface area contributed by atoms with Gasteiger partial charge < -0.3 is 0 Å². The first-order valence-electron chi connectivity index (χ1n) is 6.74. The standard InChI is InChI=1S/C16H21BrF2O/c1-10(9-16(2,3)4)7-11(20)8-12-14(18)6-5-13(17)15(12)19/h5-6,10H,7-9H2,1-4H3. The van der Waals surface area contributed by atoms with E-state index in [-0.39, 0.29) is 33.6 Å². The molecule has 0 spiro atoms. The Balaban J connectivity index is 2.70. The van der Waals surface area contributed by atoms with Crippen LogP contribution in [-0.2, 0) is 11.2 Å². The molecule has 0 saturated carbocycles. The summed E-state index contributed by atoms with van der Waals surface area (Å²) in [4.78, 5) is 12.0. The van der Waals surface area contributed by atoms with Crippen LogP contribution < -0.4 is 0 Å². The minimum Gasteiger partial charge on any atom is -0.299 e. The Kier molecular flexibility index (Phi) is 5.87. The molecule has 0 aromatic heterocycles. The second-order valence-corrected chi connectivity index (χ2v) is 7.47. The number of carbonyl (C=O) groups is 1. The monoisotopic (exact) mass is 346 g/mol. The summed E-state index contributed by atoms with van der Waals surface area (Å²) in [5, 5.41) is 0. The smallest absolute Gasteiger partial charge is 0.143 e. The second-order valence-electron chi connectivity index (χ2n) is 6.61. The molecule has 0 saturated heterocycles. The molecule has 1 rings (SSSR count). The van der Waals surface area contributed by atoms with Gasteiger partial charge in [0, 0.05) is 18.4 Å². The second kappa shape index (κ2) is 6.79. The number of benzene rings is 1. The van der Waals surface area contributed by atoms with Crippen LogP contribution in [-0.4, -0.2) is 5.78 Å². The van der Waals surface area contributed by atoms with E-state index in [4.69, 9.17) is 0 Å². The van der Waals surface area contributed by atoms with E-state index >= 15 is 0 Å². The first kappa shape index (κ1) is 17.3. The van der Waals surface area contributed by atoms with Crippen LogP contribution in [0.1, 0.15) is 46.1 Å². The molecular weight excluding hydrogens is 326 g/mol. The molecule has 1 aromatic rings. The fourth-order valence-corrected chi connectivity index (χ4v) is 2.88. The third-order valence-corrected chi connectivity index (χ3v) is 3.66. The van der Waals surface area contributed by atoms with E-state index in [1.165, 1.54) is 12.1 Å². The van der Waals surface area contributed by atoms with Gasteiger partial charge in [-0.15, -0.1) is 0 Å². The average molecular weight is 347 g/mol. The van der Waals surface area contributed by atoms with Crippen LogP contribution in [0, 0.1) is 23.0 Å². The summed E-state index contributed by atoms with van der Waals surface area (Å²) in [5.74, 6) is -1.26. The van der Waals surface area contributed by atoms with Crippen molar-refractivity contribution < 1.29 is 13.6 Å². The van der Waals surface area contributed by atoms with Gasteiger partial charge in [-0.05, 0) is 45.8 Å². The Hall–Kier alpha value is -0.770. The lowest BCUT2D eigenvalue weighted by Gasteiger charge is -2.22. The van der Waals surface area contributed by atoms with Crippen molar-refractivity contribution in [1.82, 2.24) is 0 Å². The van der Waals surface area contributed by atoms with E-state index in [9.17, 15) is 13.6 Å². The summed E-state index contributed by atoms with van der Waals surface area (Å²) in [7, 11) is 0. The van der Waals surface area contributed by atoms with Crippen LogP contribution in [0.15, 0.2) is 16.6 Å². The van der Waals surface area contributed by atoms with Crippen molar-refractivity contribution in [2.45, 2.75) is 47.0 Å². The van der Waals surface area contributed by atoms with Gasteiger partial charge in [-0.25, -0.2) is 8.78 Å². The molecule has 0 radical (unpaired) electrons. The highest BCUT2D eigenvalue weighted by Crippen LogP contribution is 2.27. The SMILES string of the molecule is CC(CC(=O)Cc1c(F)ccc(Br)c1F)CC(C)(C)C.